The Morgan fingerprint density at radius 2 is 0.875 bits per heavy atom. The number of benzene rings is 6. The van der Waals surface area contributed by atoms with Gasteiger partial charge in [-0.15, -0.1) is 0 Å². The highest BCUT2D eigenvalue weighted by atomic mass is 15.1. The molecule has 0 saturated carbocycles. The zero-order valence-corrected chi connectivity index (χ0v) is 22.6. The van der Waals surface area contributed by atoms with Crippen LogP contribution >= 0.6 is 0 Å². The summed E-state index contributed by atoms with van der Waals surface area (Å²) in [6, 6.07) is 49.3. The Bertz CT molecular complexity index is 1910. The number of hydrogen-bond donors (Lipinski definition) is 0. The SMILES string of the molecule is CN(c1ccc(-c2ccc3c(c2)-c2ccccc2C3)cc1)c1cccc(-c2ccc3c(c2)-c2ccccc2C3)c1. The predicted molar refractivity (Wildman–Crippen MR) is 168 cm³/mol. The smallest absolute Gasteiger partial charge is 0.0414 e. The first-order valence-electron chi connectivity index (χ1n) is 14.1. The average Bonchev–Trinajstić information content (AvgIpc) is 3.58. The van der Waals surface area contributed by atoms with Crippen molar-refractivity contribution in [3.63, 3.8) is 0 Å². The van der Waals surface area contributed by atoms with E-state index in [9.17, 15) is 0 Å². The molecule has 0 bridgehead atoms. The number of hydrogen-bond acceptors (Lipinski definition) is 1. The number of anilines is 2. The Morgan fingerprint density at radius 1 is 0.375 bits per heavy atom. The van der Waals surface area contributed by atoms with Crippen LogP contribution in [0.2, 0.25) is 0 Å². The standard InChI is InChI=1S/C39H29N/c1-40(34-19-17-26(18-20-34)28-13-15-32-21-30-7-2-4-11-36(30)38(32)24-28)35-10-6-9-27(23-35)29-14-16-33-22-31-8-3-5-12-37(31)39(33)25-29/h2-20,23-25H,21-22H2,1H3. The molecular formula is C39H29N. The van der Waals surface area contributed by atoms with Crippen LogP contribution in [0.4, 0.5) is 11.4 Å². The second-order valence-corrected chi connectivity index (χ2v) is 11.1. The van der Waals surface area contributed by atoms with Gasteiger partial charge in [0, 0.05) is 18.4 Å². The van der Waals surface area contributed by atoms with E-state index in [0.717, 1.165) is 12.8 Å². The van der Waals surface area contributed by atoms with Gasteiger partial charge in [0.1, 0.15) is 0 Å². The molecule has 40 heavy (non-hydrogen) atoms. The normalized spacial score (nSPS) is 12.4. The molecule has 6 aromatic carbocycles. The first-order valence-corrected chi connectivity index (χ1v) is 14.1. The van der Waals surface area contributed by atoms with E-state index < -0.39 is 0 Å². The zero-order valence-electron chi connectivity index (χ0n) is 22.6. The summed E-state index contributed by atoms with van der Waals surface area (Å²) >= 11 is 0. The van der Waals surface area contributed by atoms with E-state index in [0.29, 0.717) is 0 Å². The summed E-state index contributed by atoms with van der Waals surface area (Å²) < 4.78 is 0. The summed E-state index contributed by atoms with van der Waals surface area (Å²) in [5, 5.41) is 0. The lowest BCUT2D eigenvalue weighted by molar-refractivity contribution is 1.21. The van der Waals surface area contributed by atoms with E-state index in [1.165, 1.54) is 78.1 Å². The summed E-state index contributed by atoms with van der Waals surface area (Å²) in [5.41, 5.74) is 18.6. The fraction of sp³-hybridized carbons (Fsp3) is 0.0769. The minimum absolute atomic E-state index is 1.03. The Kier molecular flexibility index (Phi) is 5.24. The molecule has 0 unspecified atom stereocenters. The molecule has 0 saturated heterocycles. The van der Waals surface area contributed by atoms with Gasteiger partial charge in [0.2, 0.25) is 0 Å². The number of fused-ring (bicyclic) bond motifs is 6. The van der Waals surface area contributed by atoms with Crippen LogP contribution in [0.25, 0.3) is 44.5 Å². The van der Waals surface area contributed by atoms with Gasteiger partial charge >= 0.3 is 0 Å². The molecule has 0 N–H and O–H groups in total. The molecule has 1 nitrogen and oxygen atoms in total. The summed E-state index contributed by atoms with van der Waals surface area (Å²) in [6.07, 6.45) is 2.07. The van der Waals surface area contributed by atoms with Crippen molar-refractivity contribution in [2.45, 2.75) is 12.8 Å². The van der Waals surface area contributed by atoms with Crippen molar-refractivity contribution in [3.05, 3.63) is 156 Å². The first kappa shape index (κ1) is 23.0. The molecule has 2 aliphatic carbocycles. The Hall–Kier alpha value is -4.88. The highest BCUT2D eigenvalue weighted by Crippen LogP contribution is 2.41. The van der Waals surface area contributed by atoms with Gasteiger partial charge in [0.15, 0.2) is 0 Å². The molecule has 0 fully saturated rings. The third kappa shape index (κ3) is 3.78. The molecule has 0 radical (unpaired) electrons. The predicted octanol–water partition coefficient (Wildman–Crippen LogP) is 9.93. The van der Waals surface area contributed by atoms with Crippen molar-refractivity contribution in [2.24, 2.45) is 0 Å². The van der Waals surface area contributed by atoms with Crippen LogP contribution in [-0.2, 0) is 12.8 Å². The van der Waals surface area contributed by atoms with Gasteiger partial charge in [-0.1, -0.05) is 97.1 Å². The van der Waals surface area contributed by atoms with Gasteiger partial charge in [0.05, 0.1) is 0 Å². The Balaban J connectivity index is 1.07. The molecule has 1 heteroatoms. The number of nitrogens with zero attached hydrogens (tertiary/aromatic N) is 1. The number of rotatable bonds is 4. The molecule has 8 rings (SSSR count). The Labute approximate surface area is 236 Å². The topological polar surface area (TPSA) is 3.24 Å². The van der Waals surface area contributed by atoms with Crippen molar-refractivity contribution in [3.8, 4) is 44.5 Å². The minimum Gasteiger partial charge on any atom is -0.345 e. The van der Waals surface area contributed by atoms with E-state index in [-0.39, 0.29) is 0 Å². The van der Waals surface area contributed by atoms with Crippen LogP contribution in [0.5, 0.6) is 0 Å². The van der Waals surface area contributed by atoms with Crippen LogP contribution in [0.15, 0.2) is 133 Å². The van der Waals surface area contributed by atoms with Crippen molar-refractivity contribution in [2.75, 3.05) is 11.9 Å². The summed E-state index contributed by atoms with van der Waals surface area (Å²) in [7, 11) is 2.15. The quantitative estimate of drug-likeness (QED) is 0.227. The van der Waals surface area contributed by atoms with E-state index in [4.69, 9.17) is 0 Å². The second kappa shape index (κ2) is 9.10. The van der Waals surface area contributed by atoms with Crippen molar-refractivity contribution >= 4 is 11.4 Å². The van der Waals surface area contributed by atoms with Crippen LogP contribution in [0.1, 0.15) is 22.3 Å². The summed E-state index contributed by atoms with van der Waals surface area (Å²) in [4.78, 5) is 2.27. The molecule has 0 aliphatic heterocycles. The molecule has 2 aliphatic rings. The lowest BCUT2D eigenvalue weighted by Crippen LogP contribution is -2.09. The van der Waals surface area contributed by atoms with E-state index >= 15 is 0 Å². The molecule has 0 heterocycles. The third-order valence-electron chi connectivity index (χ3n) is 8.75. The van der Waals surface area contributed by atoms with E-state index in [1.807, 2.05) is 0 Å². The highest BCUT2D eigenvalue weighted by Gasteiger charge is 2.19. The van der Waals surface area contributed by atoms with Gasteiger partial charge < -0.3 is 4.90 Å². The van der Waals surface area contributed by atoms with Gasteiger partial charge in [-0.25, -0.2) is 0 Å². The highest BCUT2D eigenvalue weighted by molar-refractivity contribution is 5.84. The van der Waals surface area contributed by atoms with Crippen LogP contribution in [0.3, 0.4) is 0 Å². The molecule has 190 valence electrons. The third-order valence-corrected chi connectivity index (χ3v) is 8.75. The zero-order chi connectivity index (χ0) is 26.6. The maximum absolute atomic E-state index is 2.37. The van der Waals surface area contributed by atoms with Crippen LogP contribution in [-0.4, -0.2) is 7.05 Å². The maximum Gasteiger partial charge on any atom is 0.0414 e. The fourth-order valence-corrected chi connectivity index (χ4v) is 6.53. The lowest BCUT2D eigenvalue weighted by atomic mass is 9.98. The second-order valence-electron chi connectivity index (χ2n) is 11.1. The van der Waals surface area contributed by atoms with Crippen molar-refractivity contribution in [1.82, 2.24) is 0 Å². The fourth-order valence-electron chi connectivity index (χ4n) is 6.53. The first-order chi connectivity index (χ1) is 19.7. The van der Waals surface area contributed by atoms with E-state index in [2.05, 4.69) is 145 Å². The average molecular weight is 512 g/mol. The van der Waals surface area contributed by atoms with Gasteiger partial charge in [-0.05, 0) is 116 Å². The van der Waals surface area contributed by atoms with Crippen LogP contribution in [0, 0.1) is 0 Å². The van der Waals surface area contributed by atoms with E-state index in [1.54, 1.807) is 0 Å². The minimum atomic E-state index is 1.03. The van der Waals surface area contributed by atoms with Gasteiger partial charge in [-0.2, -0.15) is 0 Å². The Morgan fingerprint density at radius 3 is 1.50 bits per heavy atom. The van der Waals surface area contributed by atoms with Gasteiger partial charge in [0.25, 0.3) is 0 Å². The summed E-state index contributed by atoms with van der Waals surface area (Å²) in [5.74, 6) is 0. The van der Waals surface area contributed by atoms with Crippen LogP contribution < -0.4 is 4.90 Å². The molecule has 0 spiro atoms. The summed E-state index contributed by atoms with van der Waals surface area (Å²) in [6.45, 7) is 0. The molecule has 0 atom stereocenters. The van der Waals surface area contributed by atoms with Gasteiger partial charge in [-0.3, -0.25) is 0 Å². The molecule has 6 aromatic rings. The monoisotopic (exact) mass is 511 g/mol. The van der Waals surface area contributed by atoms with Crippen molar-refractivity contribution < 1.29 is 0 Å². The molecule has 0 amide bonds. The molecular weight excluding hydrogens is 482 g/mol. The van der Waals surface area contributed by atoms with Crippen molar-refractivity contribution in [1.29, 1.82) is 0 Å². The maximum atomic E-state index is 2.37. The molecule has 0 aromatic heterocycles. The lowest BCUT2D eigenvalue weighted by Gasteiger charge is -2.21. The largest absolute Gasteiger partial charge is 0.345 e.